The summed E-state index contributed by atoms with van der Waals surface area (Å²) in [5.74, 6) is 0.785. The van der Waals surface area contributed by atoms with Gasteiger partial charge in [-0.2, -0.15) is 0 Å². The Bertz CT molecular complexity index is 514. The molecule has 0 aromatic heterocycles. The Labute approximate surface area is 81.6 Å². The van der Waals surface area contributed by atoms with Gasteiger partial charge >= 0.3 is 5.69 Å². The first kappa shape index (κ1) is 8.52. The zero-order chi connectivity index (χ0) is 9.97. The quantitative estimate of drug-likeness (QED) is 0.639. The van der Waals surface area contributed by atoms with Crippen LogP contribution in [0.1, 0.15) is 0 Å². The molecule has 0 aliphatic carbocycles. The predicted octanol–water partition coefficient (Wildman–Crippen LogP) is 3.33. The van der Waals surface area contributed by atoms with Crippen LogP contribution in [0.15, 0.2) is 36.4 Å². The molecule has 2 aromatic carbocycles. The molecule has 3 heteroatoms. The van der Waals surface area contributed by atoms with Crippen LogP contribution in [0.2, 0.25) is 0 Å². The molecule has 0 N–H and O–H groups in total. The lowest BCUT2D eigenvalue weighted by atomic mass is 10.1. The zero-order valence-electron chi connectivity index (χ0n) is 7.77. The van der Waals surface area contributed by atoms with E-state index in [0.29, 0.717) is 5.69 Å². The fraction of sp³-hybridized carbons (Fsp3) is 0.0909. The second-order valence-electron chi connectivity index (χ2n) is 2.93. The minimum Gasteiger partial charge on any atom is -0.496 e. The van der Waals surface area contributed by atoms with Gasteiger partial charge in [0.1, 0.15) is 5.75 Å². The van der Waals surface area contributed by atoms with E-state index >= 15 is 0 Å². The van der Waals surface area contributed by atoms with Crippen LogP contribution in [-0.4, -0.2) is 7.11 Å². The van der Waals surface area contributed by atoms with Gasteiger partial charge in [-0.25, -0.2) is 0 Å². The van der Waals surface area contributed by atoms with Crippen LogP contribution in [0.4, 0.5) is 5.69 Å². The van der Waals surface area contributed by atoms with E-state index < -0.39 is 0 Å². The van der Waals surface area contributed by atoms with Gasteiger partial charge in [-0.3, -0.25) is 0 Å². The number of methoxy groups -OCH3 is 1. The normalized spacial score (nSPS) is 9.71. The SMILES string of the molecule is COc1cccc2c([N+]#N)cccc12. The number of rotatable bonds is 1. The summed E-state index contributed by atoms with van der Waals surface area (Å²) in [7, 11) is 1.62. The monoisotopic (exact) mass is 185 g/mol. The molecular weight excluding hydrogens is 176 g/mol. The average molecular weight is 185 g/mol. The van der Waals surface area contributed by atoms with Gasteiger partial charge in [0.25, 0.3) is 0 Å². The first-order valence-corrected chi connectivity index (χ1v) is 4.27. The van der Waals surface area contributed by atoms with Crippen molar-refractivity contribution in [1.29, 1.82) is 5.39 Å². The van der Waals surface area contributed by atoms with Crippen molar-refractivity contribution < 1.29 is 4.74 Å². The van der Waals surface area contributed by atoms with E-state index in [1.54, 1.807) is 13.2 Å². The van der Waals surface area contributed by atoms with Crippen LogP contribution in [0.5, 0.6) is 5.75 Å². The van der Waals surface area contributed by atoms with Gasteiger partial charge in [-0.05, 0) is 12.1 Å². The molecule has 14 heavy (non-hydrogen) atoms. The van der Waals surface area contributed by atoms with Crippen LogP contribution in [-0.2, 0) is 0 Å². The molecule has 0 amide bonds. The minimum absolute atomic E-state index is 0.557. The molecule has 68 valence electrons. The number of diazo groups is 1. The second kappa shape index (κ2) is 3.35. The summed E-state index contributed by atoms with van der Waals surface area (Å²) in [6.45, 7) is 0. The maximum absolute atomic E-state index is 8.78. The van der Waals surface area contributed by atoms with Crippen molar-refractivity contribution in [2.75, 3.05) is 7.11 Å². The molecule has 0 atom stereocenters. The Morgan fingerprint density at radius 3 is 2.50 bits per heavy atom. The lowest BCUT2D eigenvalue weighted by molar-refractivity contribution is 0.420. The average Bonchev–Trinajstić information content (AvgIpc) is 2.27. The highest BCUT2D eigenvalue weighted by Gasteiger charge is 2.12. The minimum atomic E-state index is 0.557. The maximum atomic E-state index is 8.78. The standard InChI is InChI=1S/C11H9N2O/c1-14-11-7-3-4-8-9(11)5-2-6-10(8)13-12/h2-7H,1H3/q+1. The van der Waals surface area contributed by atoms with E-state index in [9.17, 15) is 0 Å². The molecule has 2 aromatic rings. The Balaban J connectivity index is 2.86. The van der Waals surface area contributed by atoms with Crippen molar-refractivity contribution in [2.45, 2.75) is 0 Å². The van der Waals surface area contributed by atoms with Gasteiger partial charge in [0.2, 0.25) is 5.39 Å². The number of nitrogens with zero attached hydrogens (tertiary/aromatic N) is 2. The van der Waals surface area contributed by atoms with Crippen LogP contribution < -0.4 is 4.74 Å². The topological polar surface area (TPSA) is 37.4 Å². The highest BCUT2D eigenvalue weighted by molar-refractivity contribution is 5.97. The van der Waals surface area contributed by atoms with E-state index in [1.165, 1.54) is 0 Å². The smallest absolute Gasteiger partial charge is 0.392 e. The summed E-state index contributed by atoms with van der Waals surface area (Å²) in [6, 6.07) is 11.2. The summed E-state index contributed by atoms with van der Waals surface area (Å²) < 4.78 is 5.20. The molecule has 0 fully saturated rings. The molecule has 0 saturated heterocycles. The van der Waals surface area contributed by atoms with Crippen molar-refractivity contribution in [3.8, 4) is 5.75 Å². The largest absolute Gasteiger partial charge is 0.496 e. The lowest BCUT2D eigenvalue weighted by Gasteiger charge is -2.02. The van der Waals surface area contributed by atoms with Gasteiger partial charge in [-0.1, -0.05) is 18.2 Å². The van der Waals surface area contributed by atoms with Crippen LogP contribution in [0.3, 0.4) is 0 Å². The molecule has 0 radical (unpaired) electrons. The highest BCUT2D eigenvalue weighted by atomic mass is 16.5. The lowest BCUT2D eigenvalue weighted by Crippen LogP contribution is -1.83. The fourth-order valence-corrected chi connectivity index (χ4v) is 1.53. The van der Waals surface area contributed by atoms with Crippen LogP contribution in [0.25, 0.3) is 15.7 Å². The summed E-state index contributed by atoms with van der Waals surface area (Å²) >= 11 is 0. The number of ether oxygens (including phenoxy) is 1. The Hall–Kier alpha value is -2.08. The zero-order valence-corrected chi connectivity index (χ0v) is 7.77. The number of fused-ring (bicyclic) bond motifs is 1. The fourth-order valence-electron chi connectivity index (χ4n) is 1.53. The summed E-state index contributed by atoms with van der Waals surface area (Å²) in [5, 5.41) is 10.6. The molecule has 3 nitrogen and oxygen atoms in total. The molecule has 0 saturated carbocycles. The van der Waals surface area contributed by atoms with Gasteiger partial charge in [0.05, 0.1) is 12.5 Å². The Kier molecular flexibility index (Phi) is 2.04. The molecule has 0 heterocycles. The number of hydrogen-bond donors (Lipinski definition) is 0. The third-order valence-electron chi connectivity index (χ3n) is 2.19. The Morgan fingerprint density at radius 1 is 1.07 bits per heavy atom. The molecular formula is C11H9N2O+. The van der Waals surface area contributed by atoms with E-state index in [0.717, 1.165) is 16.5 Å². The third-order valence-corrected chi connectivity index (χ3v) is 2.19. The number of benzene rings is 2. The Morgan fingerprint density at radius 2 is 1.79 bits per heavy atom. The van der Waals surface area contributed by atoms with Gasteiger partial charge < -0.3 is 4.74 Å². The molecule has 0 spiro atoms. The first-order chi connectivity index (χ1) is 6.86. The van der Waals surface area contributed by atoms with Crippen molar-refractivity contribution in [3.05, 3.63) is 41.4 Å². The van der Waals surface area contributed by atoms with Gasteiger partial charge in [0.15, 0.2) is 4.98 Å². The maximum Gasteiger partial charge on any atom is 0.392 e. The van der Waals surface area contributed by atoms with E-state index in [1.807, 2.05) is 30.3 Å². The summed E-state index contributed by atoms with van der Waals surface area (Å²) in [4.78, 5) is 3.22. The van der Waals surface area contributed by atoms with Gasteiger partial charge in [0, 0.05) is 11.5 Å². The second-order valence-corrected chi connectivity index (χ2v) is 2.93. The summed E-state index contributed by atoms with van der Waals surface area (Å²) in [6.07, 6.45) is 0. The van der Waals surface area contributed by atoms with Gasteiger partial charge in [-0.15, -0.1) is 0 Å². The predicted molar refractivity (Wildman–Crippen MR) is 55.2 cm³/mol. The third kappa shape index (κ3) is 1.17. The molecule has 0 aliphatic rings. The van der Waals surface area contributed by atoms with E-state index in [2.05, 4.69) is 4.98 Å². The van der Waals surface area contributed by atoms with E-state index in [-0.39, 0.29) is 0 Å². The van der Waals surface area contributed by atoms with Crippen molar-refractivity contribution >= 4 is 16.5 Å². The van der Waals surface area contributed by atoms with Crippen LogP contribution in [0, 0.1) is 5.39 Å². The van der Waals surface area contributed by atoms with Crippen molar-refractivity contribution in [1.82, 2.24) is 0 Å². The first-order valence-electron chi connectivity index (χ1n) is 4.27. The number of hydrogen-bond acceptors (Lipinski definition) is 2. The molecule has 2 rings (SSSR count). The van der Waals surface area contributed by atoms with E-state index in [4.69, 9.17) is 10.1 Å². The van der Waals surface area contributed by atoms with Crippen molar-refractivity contribution in [3.63, 3.8) is 0 Å². The summed E-state index contributed by atoms with van der Waals surface area (Å²) in [5.41, 5.74) is 0.557. The molecule has 0 aliphatic heterocycles. The molecule has 0 unspecified atom stereocenters. The highest BCUT2D eigenvalue weighted by Crippen LogP contribution is 2.31. The van der Waals surface area contributed by atoms with Crippen molar-refractivity contribution in [2.24, 2.45) is 0 Å². The molecule has 0 bridgehead atoms. The van der Waals surface area contributed by atoms with Crippen LogP contribution >= 0.6 is 0 Å².